The van der Waals surface area contributed by atoms with E-state index < -0.39 is 15.8 Å². The average Bonchev–Trinajstić information content (AvgIpc) is 2.60. The number of carbonyl (C=O) groups excluding carboxylic acids is 1. The lowest BCUT2D eigenvalue weighted by Crippen LogP contribution is -2.19. The van der Waals surface area contributed by atoms with E-state index in [9.17, 15) is 13.2 Å². The third kappa shape index (κ3) is 5.43. The normalized spacial score (nSPS) is 12.3. The fourth-order valence-corrected chi connectivity index (χ4v) is 4.17. The second-order valence-electron chi connectivity index (χ2n) is 5.90. The van der Waals surface area contributed by atoms with Crippen LogP contribution < -0.4 is 0 Å². The highest BCUT2D eigenvalue weighted by Gasteiger charge is 2.20. The maximum atomic E-state index is 12.3. The predicted molar refractivity (Wildman–Crippen MR) is 102 cm³/mol. The first kappa shape index (κ1) is 19.2. The summed E-state index contributed by atoms with van der Waals surface area (Å²) in [6, 6.07) is 13.5. The van der Waals surface area contributed by atoms with Crippen molar-refractivity contribution in [2.24, 2.45) is 0 Å². The van der Waals surface area contributed by atoms with Crippen LogP contribution in [0.15, 0.2) is 48.0 Å². The average molecular weight is 360 g/mol. The van der Waals surface area contributed by atoms with Crippen LogP contribution in [0, 0.1) is 0 Å². The fraction of sp³-hybridized carbons (Fsp3) is 0.350. The van der Waals surface area contributed by atoms with Crippen molar-refractivity contribution >= 4 is 32.7 Å². The molecule has 0 aliphatic heterocycles. The van der Waals surface area contributed by atoms with E-state index in [1.165, 1.54) is 0 Å². The predicted octanol–water partition coefficient (Wildman–Crippen LogP) is 4.00. The summed E-state index contributed by atoms with van der Waals surface area (Å²) >= 11 is 0. The van der Waals surface area contributed by atoms with E-state index in [1.54, 1.807) is 13.0 Å². The van der Waals surface area contributed by atoms with Gasteiger partial charge in [0.05, 0.1) is 23.7 Å². The first-order valence-electron chi connectivity index (χ1n) is 8.52. The van der Waals surface area contributed by atoms with Crippen molar-refractivity contribution in [1.82, 2.24) is 0 Å². The molecule has 0 saturated carbocycles. The summed E-state index contributed by atoms with van der Waals surface area (Å²) in [6.45, 7) is 3.85. The van der Waals surface area contributed by atoms with Gasteiger partial charge in [-0.25, -0.2) is 13.2 Å². The van der Waals surface area contributed by atoms with Gasteiger partial charge in [-0.3, -0.25) is 0 Å². The SMILES string of the molecule is CCCCS(=O)(=O)CC(=Cc1cccc2ccccc12)C(=O)OCC. The molecule has 0 bridgehead atoms. The second kappa shape index (κ2) is 8.81. The van der Waals surface area contributed by atoms with Gasteiger partial charge in [-0.1, -0.05) is 55.8 Å². The van der Waals surface area contributed by atoms with Crippen molar-refractivity contribution in [2.45, 2.75) is 26.7 Å². The van der Waals surface area contributed by atoms with E-state index in [2.05, 4.69) is 0 Å². The Hall–Kier alpha value is -2.14. The van der Waals surface area contributed by atoms with Crippen LogP contribution in [0.3, 0.4) is 0 Å². The van der Waals surface area contributed by atoms with Gasteiger partial charge in [-0.05, 0) is 35.8 Å². The molecule has 0 aromatic heterocycles. The van der Waals surface area contributed by atoms with Crippen LogP contribution in [-0.4, -0.2) is 32.5 Å². The topological polar surface area (TPSA) is 60.4 Å². The molecule has 5 heteroatoms. The molecule has 0 N–H and O–H groups in total. The highest BCUT2D eigenvalue weighted by atomic mass is 32.2. The second-order valence-corrected chi connectivity index (χ2v) is 8.09. The molecule has 0 aliphatic rings. The number of rotatable bonds is 8. The third-order valence-electron chi connectivity index (χ3n) is 3.88. The van der Waals surface area contributed by atoms with Crippen LogP contribution in [-0.2, 0) is 19.4 Å². The molecule has 0 fully saturated rings. The van der Waals surface area contributed by atoms with Crippen LogP contribution in [0.5, 0.6) is 0 Å². The van der Waals surface area contributed by atoms with E-state index in [0.717, 1.165) is 22.8 Å². The third-order valence-corrected chi connectivity index (χ3v) is 5.54. The number of sulfone groups is 1. The lowest BCUT2D eigenvalue weighted by atomic mass is 10.0. The zero-order chi connectivity index (χ0) is 18.3. The quantitative estimate of drug-likeness (QED) is 0.527. The summed E-state index contributed by atoms with van der Waals surface area (Å²) in [6.07, 6.45) is 3.03. The van der Waals surface area contributed by atoms with Crippen LogP contribution in [0.4, 0.5) is 0 Å². The molecule has 2 rings (SSSR count). The molecular formula is C20H24O4S. The monoisotopic (exact) mass is 360 g/mol. The van der Waals surface area contributed by atoms with Gasteiger partial charge < -0.3 is 4.74 Å². The van der Waals surface area contributed by atoms with Gasteiger partial charge in [0.15, 0.2) is 9.84 Å². The lowest BCUT2D eigenvalue weighted by molar-refractivity contribution is -0.138. The fourth-order valence-electron chi connectivity index (χ4n) is 2.62. The van der Waals surface area contributed by atoms with Gasteiger partial charge in [0.25, 0.3) is 0 Å². The maximum Gasteiger partial charge on any atom is 0.335 e. The summed E-state index contributed by atoms with van der Waals surface area (Å²) in [5.41, 5.74) is 0.987. The van der Waals surface area contributed by atoms with Gasteiger partial charge in [0.2, 0.25) is 0 Å². The first-order valence-corrected chi connectivity index (χ1v) is 10.3. The number of ether oxygens (including phenoxy) is 1. The molecule has 0 radical (unpaired) electrons. The maximum absolute atomic E-state index is 12.3. The van der Waals surface area contributed by atoms with Gasteiger partial charge in [-0.15, -0.1) is 0 Å². The molecule has 0 saturated heterocycles. The molecule has 4 nitrogen and oxygen atoms in total. The number of hydrogen-bond donors (Lipinski definition) is 0. The molecule has 2 aromatic carbocycles. The minimum atomic E-state index is -3.35. The number of carbonyl (C=O) groups is 1. The lowest BCUT2D eigenvalue weighted by Gasteiger charge is -2.09. The smallest absolute Gasteiger partial charge is 0.335 e. The van der Waals surface area contributed by atoms with Gasteiger partial charge in [0, 0.05) is 0 Å². The van der Waals surface area contributed by atoms with Gasteiger partial charge >= 0.3 is 5.97 Å². The first-order chi connectivity index (χ1) is 12.0. The Morgan fingerprint density at radius 2 is 1.80 bits per heavy atom. The molecule has 134 valence electrons. The summed E-state index contributed by atoms with van der Waals surface area (Å²) in [5.74, 6) is -0.791. The van der Waals surface area contributed by atoms with E-state index in [-0.39, 0.29) is 23.7 Å². The Kier molecular flexibility index (Phi) is 6.76. The Balaban J connectivity index is 2.44. The summed E-state index contributed by atoms with van der Waals surface area (Å²) < 4.78 is 29.7. The largest absolute Gasteiger partial charge is 0.463 e. The zero-order valence-corrected chi connectivity index (χ0v) is 15.5. The molecule has 0 unspecified atom stereocenters. The molecular weight excluding hydrogens is 336 g/mol. The Morgan fingerprint density at radius 1 is 1.08 bits per heavy atom. The van der Waals surface area contributed by atoms with Crippen molar-refractivity contribution < 1.29 is 17.9 Å². The molecule has 2 aromatic rings. The van der Waals surface area contributed by atoms with Crippen molar-refractivity contribution in [3.8, 4) is 0 Å². The molecule has 0 aliphatic carbocycles. The Morgan fingerprint density at radius 3 is 2.52 bits per heavy atom. The highest BCUT2D eigenvalue weighted by Crippen LogP contribution is 2.22. The van der Waals surface area contributed by atoms with Crippen LogP contribution in [0.1, 0.15) is 32.3 Å². The van der Waals surface area contributed by atoms with Crippen molar-refractivity contribution in [3.05, 3.63) is 53.6 Å². The molecule has 0 atom stereocenters. The summed E-state index contributed by atoms with van der Waals surface area (Å²) in [7, 11) is -3.35. The number of hydrogen-bond acceptors (Lipinski definition) is 4. The van der Waals surface area contributed by atoms with E-state index in [1.807, 2.05) is 49.4 Å². The van der Waals surface area contributed by atoms with Gasteiger partial charge in [0.1, 0.15) is 0 Å². The van der Waals surface area contributed by atoms with E-state index in [0.29, 0.717) is 6.42 Å². The van der Waals surface area contributed by atoms with E-state index in [4.69, 9.17) is 4.74 Å². The zero-order valence-electron chi connectivity index (χ0n) is 14.7. The minimum Gasteiger partial charge on any atom is -0.463 e. The van der Waals surface area contributed by atoms with E-state index >= 15 is 0 Å². The number of fused-ring (bicyclic) bond motifs is 1. The van der Waals surface area contributed by atoms with Gasteiger partial charge in [-0.2, -0.15) is 0 Å². The van der Waals surface area contributed by atoms with Crippen molar-refractivity contribution in [2.75, 3.05) is 18.1 Å². The summed E-state index contributed by atoms with van der Waals surface area (Å²) in [5, 5.41) is 2.01. The number of unbranched alkanes of at least 4 members (excludes halogenated alkanes) is 1. The number of esters is 1. The van der Waals surface area contributed by atoms with Crippen LogP contribution in [0.25, 0.3) is 16.8 Å². The molecule has 25 heavy (non-hydrogen) atoms. The molecule has 0 amide bonds. The van der Waals surface area contributed by atoms with Crippen LogP contribution >= 0.6 is 0 Å². The highest BCUT2D eigenvalue weighted by molar-refractivity contribution is 7.91. The summed E-state index contributed by atoms with van der Waals surface area (Å²) in [4.78, 5) is 12.3. The molecule has 0 spiro atoms. The van der Waals surface area contributed by atoms with Crippen LogP contribution in [0.2, 0.25) is 0 Å². The molecule has 0 heterocycles. The number of benzene rings is 2. The minimum absolute atomic E-state index is 0.0791. The Labute approximate surface area is 149 Å². The van der Waals surface area contributed by atoms with Crippen molar-refractivity contribution in [3.63, 3.8) is 0 Å². The van der Waals surface area contributed by atoms with Crippen molar-refractivity contribution in [1.29, 1.82) is 0 Å². The Bertz CT molecular complexity index is 861. The standard InChI is InChI=1S/C20H24O4S/c1-3-5-13-25(22,23)15-18(20(21)24-4-2)14-17-11-8-10-16-9-6-7-12-19(16)17/h6-12,14H,3-5,13,15H2,1-2H3.